The van der Waals surface area contributed by atoms with Crippen molar-refractivity contribution < 1.29 is 19.5 Å². The van der Waals surface area contributed by atoms with E-state index in [9.17, 15) is 19.5 Å². The number of amides is 3. The van der Waals surface area contributed by atoms with Crippen molar-refractivity contribution in [2.45, 2.75) is 37.8 Å². The fourth-order valence-corrected chi connectivity index (χ4v) is 5.11. The predicted octanol–water partition coefficient (Wildman–Crippen LogP) is 2.05. The van der Waals surface area contributed by atoms with Crippen molar-refractivity contribution in [1.82, 2.24) is 15.1 Å². The second-order valence-electron chi connectivity index (χ2n) is 9.09. The average molecular weight is 465 g/mol. The van der Waals surface area contributed by atoms with Crippen LogP contribution in [0.2, 0.25) is 0 Å². The van der Waals surface area contributed by atoms with Gasteiger partial charge in [0.25, 0.3) is 5.91 Å². The van der Waals surface area contributed by atoms with Crippen molar-refractivity contribution in [3.63, 3.8) is 0 Å². The summed E-state index contributed by atoms with van der Waals surface area (Å²) in [7, 11) is 0. The third-order valence-electron chi connectivity index (χ3n) is 6.96. The standard InChI is InChI=1S/C26H32N4O4/c27-24(32)23(18-6-2-1-3-7-18)28-25(33)21-8-4-5-9-22(21)29-14-16-30(17-15-29)26(34)19-10-12-20(31)13-11-19/h1-3,6-7,10-13,21-23,31H,4-5,8-9,14-17H2,(H2,27,32)(H,28,33)/t21-,22-,23+/m1/s1. The van der Waals surface area contributed by atoms with Crippen LogP contribution in [0.1, 0.15) is 47.6 Å². The number of benzene rings is 2. The van der Waals surface area contributed by atoms with Gasteiger partial charge in [-0.2, -0.15) is 0 Å². The third-order valence-corrected chi connectivity index (χ3v) is 6.96. The Morgan fingerprint density at radius 2 is 1.56 bits per heavy atom. The zero-order chi connectivity index (χ0) is 24.1. The smallest absolute Gasteiger partial charge is 0.253 e. The second kappa shape index (κ2) is 10.7. The van der Waals surface area contributed by atoms with Crippen molar-refractivity contribution in [3.05, 3.63) is 65.7 Å². The molecule has 4 rings (SSSR count). The number of phenolic OH excluding ortho intramolecular Hbond substituents is 1. The van der Waals surface area contributed by atoms with Gasteiger partial charge < -0.3 is 21.1 Å². The van der Waals surface area contributed by atoms with Crippen LogP contribution in [0.15, 0.2) is 54.6 Å². The lowest BCUT2D eigenvalue weighted by atomic mass is 9.82. The third kappa shape index (κ3) is 5.39. The Labute approximate surface area is 199 Å². The molecule has 8 heteroatoms. The maximum atomic E-state index is 13.3. The van der Waals surface area contributed by atoms with Crippen LogP contribution in [0.3, 0.4) is 0 Å². The Bertz CT molecular complexity index is 1000. The molecule has 3 atom stereocenters. The average Bonchev–Trinajstić information content (AvgIpc) is 2.87. The first-order valence-corrected chi connectivity index (χ1v) is 11.9. The Kier molecular flexibility index (Phi) is 7.47. The van der Waals surface area contributed by atoms with E-state index in [1.807, 2.05) is 23.1 Å². The molecule has 180 valence electrons. The predicted molar refractivity (Wildman–Crippen MR) is 128 cm³/mol. The summed E-state index contributed by atoms with van der Waals surface area (Å²) in [6.45, 7) is 2.54. The van der Waals surface area contributed by atoms with Gasteiger partial charge in [0, 0.05) is 37.8 Å². The minimum absolute atomic E-state index is 0.0512. The van der Waals surface area contributed by atoms with Gasteiger partial charge >= 0.3 is 0 Å². The van der Waals surface area contributed by atoms with E-state index in [1.165, 1.54) is 12.1 Å². The lowest BCUT2D eigenvalue weighted by Gasteiger charge is -2.44. The molecule has 0 aromatic heterocycles. The number of hydrogen-bond donors (Lipinski definition) is 3. The van der Waals surface area contributed by atoms with Crippen LogP contribution in [-0.2, 0) is 9.59 Å². The number of phenols is 1. The van der Waals surface area contributed by atoms with E-state index in [4.69, 9.17) is 5.73 Å². The SMILES string of the molecule is NC(=O)[C@@H](NC(=O)[C@@H]1CCCC[C@H]1N1CCN(C(=O)c2ccc(O)cc2)CC1)c1ccccc1. The summed E-state index contributed by atoms with van der Waals surface area (Å²) < 4.78 is 0. The molecular weight excluding hydrogens is 432 g/mol. The van der Waals surface area contributed by atoms with E-state index in [0.717, 1.165) is 25.7 Å². The topological polar surface area (TPSA) is 116 Å². The lowest BCUT2D eigenvalue weighted by molar-refractivity contribution is -0.133. The van der Waals surface area contributed by atoms with Crippen LogP contribution >= 0.6 is 0 Å². The molecule has 0 spiro atoms. The minimum Gasteiger partial charge on any atom is -0.508 e. The number of piperazine rings is 1. The first-order chi connectivity index (χ1) is 16.4. The molecule has 2 aliphatic rings. The van der Waals surface area contributed by atoms with Crippen molar-refractivity contribution in [2.24, 2.45) is 11.7 Å². The van der Waals surface area contributed by atoms with Crippen LogP contribution in [0.25, 0.3) is 0 Å². The van der Waals surface area contributed by atoms with E-state index in [2.05, 4.69) is 10.2 Å². The molecule has 0 radical (unpaired) electrons. The summed E-state index contributed by atoms with van der Waals surface area (Å²) in [4.78, 5) is 42.3. The Hall–Kier alpha value is -3.39. The maximum absolute atomic E-state index is 13.3. The highest BCUT2D eigenvalue weighted by atomic mass is 16.3. The van der Waals surface area contributed by atoms with Crippen LogP contribution < -0.4 is 11.1 Å². The van der Waals surface area contributed by atoms with Gasteiger partial charge in [0.05, 0.1) is 5.92 Å². The van der Waals surface area contributed by atoms with Crippen molar-refractivity contribution in [1.29, 1.82) is 0 Å². The zero-order valence-corrected chi connectivity index (χ0v) is 19.2. The first-order valence-electron chi connectivity index (χ1n) is 11.9. The summed E-state index contributed by atoms with van der Waals surface area (Å²) in [5, 5.41) is 12.4. The zero-order valence-electron chi connectivity index (χ0n) is 19.2. The Balaban J connectivity index is 1.39. The van der Waals surface area contributed by atoms with Crippen LogP contribution in [0.4, 0.5) is 0 Å². The molecule has 0 bridgehead atoms. The number of hydrogen-bond acceptors (Lipinski definition) is 5. The number of nitrogens with zero attached hydrogens (tertiary/aromatic N) is 2. The molecule has 8 nitrogen and oxygen atoms in total. The van der Waals surface area contributed by atoms with E-state index in [-0.39, 0.29) is 29.5 Å². The van der Waals surface area contributed by atoms with Gasteiger partial charge in [-0.1, -0.05) is 43.2 Å². The highest BCUT2D eigenvalue weighted by Gasteiger charge is 2.38. The molecule has 4 N–H and O–H groups in total. The second-order valence-corrected chi connectivity index (χ2v) is 9.09. The molecule has 1 aliphatic heterocycles. The highest BCUT2D eigenvalue weighted by Crippen LogP contribution is 2.30. The highest BCUT2D eigenvalue weighted by molar-refractivity contribution is 5.94. The largest absolute Gasteiger partial charge is 0.508 e. The normalized spacial score (nSPS) is 22.1. The van der Waals surface area contributed by atoms with Gasteiger partial charge in [0.15, 0.2) is 0 Å². The minimum atomic E-state index is -0.851. The van der Waals surface area contributed by atoms with E-state index >= 15 is 0 Å². The Morgan fingerprint density at radius 1 is 0.912 bits per heavy atom. The molecule has 1 saturated carbocycles. The number of nitrogens with two attached hydrogens (primary N) is 1. The number of rotatable bonds is 6. The number of carbonyl (C=O) groups excluding carboxylic acids is 3. The molecule has 0 unspecified atom stereocenters. The fourth-order valence-electron chi connectivity index (χ4n) is 5.11. The van der Waals surface area contributed by atoms with Crippen molar-refractivity contribution >= 4 is 17.7 Å². The monoisotopic (exact) mass is 464 g/mol. The first kappa shape index (κ1) is 23.8. The summed E-state index contributed by atoms with van der Waals surface area (Å²) in [6, 6.07) is 14.6. The van der Waals surface area contributed by atoms with Gasteiger partial charge in [0.1, 0.15) is 11.8 Å². The molecule has 2 aromatic rings. The van der Waals surface area contributed by atoms with Crippen LogP contribution in [0, 0.1) is 5.92 Å². The van der Waals surface area contributed by atoms with Crippen LogP contribution in [-0.4, -0.2) is 64.8 Å². The van der Waals surface area contributed by atoms with Crippen LogP contribution in [0.5, 0.6) is 5.75 Å². The molecule has 1 aliphatic carbocycles. The maximum Gasteiger partial charge on any atom is 0.253 e. The summed E-state index contributed by atoms with van der Waals surface area (Å²) in [6.07, 6.45) is 3.71. The molecule has 1 saturated heterocycles. The molecule has 1 heterocycles. The molecule has 2 aromatic carbocycles. The number of nitrogens with one attached hydrogen (secondary N) is 1. The summed E-state index contributed by atoms with van der Waals surface area (Å²) in [5.41, 5.74) is 6.84. The number of primary amides is 1. The molecule has 3 amide bonds. The van der Waals surface area contributed by atoms with Gasteiger partial charge in [-0.05, 0) is 42.7 Å². The van der Waals surface area contributed by atoms with Gasteiger partial charge in [-0.3, -0.25) is 19.3 Å². The van der Waals surface area contributed by atoms with Gasteiger partial charge in [0.2, 0.25) is 11.8 Å². The van der Waals surface area contributed by atoms with E-state index in [0.29, 0.717) is 37.3 Å². The lowest BCUT2D eigenvalue weighted by Crippen LogP contribution is -2.56. The number of aromatic hydroxyl groups is 1. The number of carbonyl (C=O) groups is 3. The summed E-state index contributed by atoms with van der Waals surface area (Å²) in [5.74, 6) is -0.856. The van der Waals surface area contributed by atoms with E-state index in [1.54, 1.807) is 24.3 Å². The summed E-state index contributed by atoms with van der Waals surface area (Å²) >= 11 is 0. The van der Waals surface area contributed by atoms with E-state index < -0.39 is 11.9 Å². The molecule has 34 heavy (non-hydrogen) atoms. The van der Waals surface area contributed by atoms with Crippen molar-refractivity contribution in [3.8, 4) is 5.75 Å². The fraction of sp³-hybridized carbons (Fsp3) is 0.423. The molecular formula is C26H32N4O4. The van der Waals surface area contributed by atoms with Gasteiger partial charge in [-0.25, -0.2) is 0 Å². The Morgan fingerprint density at radius 3 is 2.21 bits per heavy atom. The molecule has 2 fully saturated rings. The van der Waals surface area contributed by atoms with Crippen molar-refractivity contribution in [2.75, 3.05) is 26.2 Å². The quantitative estimate of drug-likeness (QED) is 0.605. The van der Waals surface area contributed by atoms with Gasteiger partial charge in [-0.15, -0.1) is 0 Å².